The lowest BCUT2D eigenvalue weighted by Crippen LogP contribution is -2.29. The summed E-state index contributed by atoms with van der Waals surface area (Å²) in [6, 6.07) is 0. The van der Waals surface area contributed by atoms with Gasteiger partial charge in [-0.15, -0.1) is 0 Å². The molecule has 6 N–H and O–H groups in total. The molecule has 0 aliphatic heterocycles. The predicted molar refractivity (Wildman–Crippen MR) is 75.2 cm³/mol. The first-order valence-corrected chi connectivity index (χ1v) is 8.77. The van der Waals surface area contributed by atoms with Crippen molar-refractivity contribution in [1.82, 2.24) is 0 Å². The molecule has 5 nitrogen and oxygen atoms in total. The van der Waals surface area contributed by atoms with E-state index in [-0.39, 0.29) is 12.3 Å². The molecule has 0 spiro atoms. The molecule has 0 radical (unpaired) electrons. The summed E-state index contributed by atoms with van der Waals surface area (Å²) in [5.74, 6) is 0. The van der Waals surface area contributed by atoms with Gasteiger partial charge in [-0.1, -0.05) is 51.4 Å². The van der Waals surface area contributed by atoms with Crippen LogP contribution in [0.2, 0.25) is 0 Å². The van der Waals surface area contributed by atoms with E-state index in [0.717, 1.165) is 32.1 Å². The molecule has 0 rings (SSSR count). The van der Waals surface area contributed by atoms with E-state index in [4.69, 9.17) is 21.3 Å². The second-order valence-corrected chi connectivity index (χ2v) is 6.80. The molecule has 0 aromatic rings. The lowest BCUT2D eigenvalue weighted by molar-refractivity contribution is 0.370. The first kappa shape index (κ1) is 18.1. The van der Waals surface area contributed by atoms with Gasteiger partial charge < -0.3 is 21.3 Å². The van der Waals surface area contributed by atoms with Crippen LogP contribution in [0, 0.1) is 0 Å². The molecule has 0 bridgehead atoms. The summed E-state index contributed by atoms with van der Waals surface area (Å²) in [4.78, 5) is 17.3. The van der Waals surface area contributed by atoms with Crippen molar-refractivity contribution in [1.29, 1.82) is 0 Å². The second kappa shape index (κ2) is 10.9. The van der Waals surface area contributed by atoms with Crippen LogP contribution >= 0.6 is 7.60 Å². The van der Waals surface area contributed by atoms with Gasteiger partial charge in [0.2, 0.25) is 0 Å². The average molecular weight is 280 g/mol. The van der Waals surface area contributed by atoms with E-state index in [0.29, 0.717) is 6.42 Å². The lowest BCUT2D eigenvalue weighted by Gasteiger charge is -2.05. The van der Waals surface area contributed by atoms with Crippen molar-refractivity contribution in [3.63, 3.8) is 0 Å². The Labute approximate surface area is 110 Å². The highest BCUT2D eigenvalue weighted by molar-refractivity contribution is 7.51. The Bertz CT molecular complexity index is 231. The highest BCUT2D eigenvalue weighted by Gasteiger charge is 2.10. The zero-order valence-corrected chi connectivity index (χ0v) is 12.2. The van der Waals surface area contributed by atoms with Crippen LogP contribution in [0.3, 0.4) is 0 Å². The van der Waals surface area contributed by atoms with Gasteiger partial charge in [-0.25, -0.2) is 0 Å². The molecule has 110 valence electrons. The van der Waals surface area contributed by atoms with Crippen molar-refractivity contribution in [3.8, 4) is 0 Å². The minimum atomic E-state index is -3.77. The largest absolute Gasteiger partial charge is 0.325 e. The second-order valence-electron chi connectivity index (χ2n) is 5.02. The Hall–Kier alpha value is 0.0700. The predicted octanol–water partition coefficient (Wildman–Crippen LogP) is 2.31. The van der Waals surface area contributed by atoms with Crippen LogP contribution in [-0.2, 0) is 4.57 Å². The van der Waals surface area contributed by atoms with Gasteiger partial charge in [0.05, 0.1) is 6.17 Å². The maximum absolute atomic E-state index is 10.6. The van der Waals surface area contributed by atoms with Crippen molar-refractivity contribution in [2.45, 2.75) is 70.4 Å². The Morgan fingerprint density at radius 1 is 0.778 bits per heavy atom. The van der Waals surface area contributed by atoms with Crippen LogP contribution < -0.4 is 11.5 Å². The van der Waals surface area contributed by atoms with Crippen LogP contribution in [-0.4, -0.2) is 22.1 Å². The third kappa shape index (κ3) is 16.1. The van der Waals surface area contributed by atoms with Crippen molar-refractivity contribution < 1.29 is 14.4 Å². The number of hydrogen-bond acceptors (Lipinski definition) is 3. The highest BCUT2D eigenvalue weighted by atomic mass is 31.2. The van der Waals surface area contributed by atoms with Gasteiger partial charge in [0, 0.05) is 6.16 Å². The summed E-state index contributed by atoms with van der Waals surface area (Å²) < 4.78 is 10.6. The van der Waals surface area contributed by atoms with Crippen molar-refractivity contribution in [2.24, 2.45) is 11.5 Å². The summed E-state index contributed by atoms with van der Waals surface area (Å²) in [6.45, 7) is 0. The summed E-state index contributed by atoms with van der Waals surface area (Å²) in [5.41, 5.74) is 10.9. The number of unbranched alkanes of at least 4 members (excludes halogenated alkanes) is 8. The fourth-order valence-electron chi connectivity index (χ4n) is 1.94. The first-order valence-electron chi connectivity index (χ1n) is 6.97. The van der Waals surface area contributed by atoms with Gasteiger partial charge in [-0.2, -0.15) is 0 Å². The minimum Gasteiger partial charge on any atom is -0.324 e. The molecule has 0 saturated carbocycles. The van der Waals surface area contributed by atoms with E-state index in [1.807, 2.05) is 0 Å². The fourth-order valence-corrected chi connectivity index (χ4v) is 2.57. The molecule has 0 aromatic heterocycles. The van der Waals surface area contributed by atoms with Crippen LogP contribution in [0.25, 0.3) is 0 Å². The Morgan fingerprint density at radius 3 is 1.56 bits per heavy atom. The van der Waals surface area contributed by atoms with E-state index in [2.05, 4.69) is 0 Å². The maximum Gasteiger partial charge on any atom is 0.325 e. The molecule has 0 unspecified atom stereocenters. The van der Waals surface area contributed by atoms with Gasteiger partial charge in [0.25, 0.3) is 0 Å². The third-order valence-electron chi connectivity index (χ3n) is 2.99. The molecule has 0 aromatic carbocycles. The first-order chi connectivity index (χ1) is 8.42. The Morgan fingerprint density at radius 2 is 1.17 bits per heavy atom. The van der Waals surface area contributed by atoms with Gasteiger partial charge in [-0.05, 0) is 12.8 Å². The topological polar surface area (TPSA) is 110 Å². The highest BCUT2D eigenvalue weighted by Crippen LogP contribution is 2.35. The van der Waals surface area contributed by atoms with Crippen LogP contribution in [0.4, 0.5) is 0 Å². The lowest BCUT2D eigenvalue weighted by atomic mass is 10.1. The standard InChI is InChI=1S/C12H29N2O3P/c13-12(14)10-8-6-4-2-1-3-5-7-9-11-18(15,16)17/h12H,1-11,13-14H2,(H2,15,16,17). The molecule has 0 amide bonds. The number of rotatable bonds is 12. The third-order valence-corrected chi connectivity index (χ3v) is 3.89. The zero-order valence-electron chi connectivity index (χ0n) is 11.3. The molecule has 0 heterocycles. The molecule has 0 aliphatic rings. The smallest absolute Gasteiger partial charge is 0.324 e. The number of nitrogens with two attached hydrogens (primary N) is 2. The number of hydrogen-bond donors (Lipinski definition) is 4. The molecular weight excluding hydrogens is 251 g/mol. The van der Waals surface area contributed by atoms with Gasteiger partial charge in [0.15, 0.2) is 0 Å². The van der Waals surface area contributed by atoms with E-state index in [9.17, 15) is 4.57 Å². The maximum atomic E-state index is 10.6. The zero-order chi connectivity index (χ0) is 13.9. The quantitative estimate of drug-likeness (QED) is 0.249. The molecule has 0 aliphatic carbocycles. The fraction of sp³-hybridized carbons (Fsp3) is 1.00. The SMILES string of the molecule is NC(N)CCCCCCCCCCCP(=O)(O)O. The summed E-state index contributed by atoms with van der Waals surface area (Å²) >= 11 is 0. The molecule has 0 atom stereocenters. The summed E-state index contributed by atoms with van der Waals surface area (Å²) in [5, 5.41) is 0. The van der Waals surface area contributed by atoms with Crippen LogP contribution in [0.5, 0.6) is 0 Å². The molecular formula is C12H29N2O3P. The summed E-state index contributed by atoms with van der Waals surface area (Å²) in [7, 11) is -3.77. The van der Waals surface area contributed by atoms with E-state index < -0.39 is 7.60 Å². The van der Waals surface area contributed by atoms with E-state index in [1.54, 1.807) is 0 Å². The van der Waals surface area contributed by atoms with E-state index >= 15 is 0 Å². The van der Waals surface area contributed by atoms with Crippen molar-refractivity contribution in [2.75, 3.05) is 6.16 Å². The van der Waals surface area contributed by atoms with Crippen molar-refractivity contribution in [3.05, 3.63) is 0 Å². The van der Waals surface area contributed by atoms with Gasteiger partial charge in [0.1, 0.15) is 0 Å². The average Bonchev–Trinajstić information content (AvgIpc) is 2.24. The van der Waals surface area contributed by atoms with E-state index in [1.165, 1.54) is 25.7 Å². The minimum absolute atomic E-state index is 0.0341. The Kier molecular flexibility index (Phi) is 11.0. The monoisotopic (exact) mass is 280 g/mol. The normalized spacial score (nSPS) is 12.3. The van der Waals surface area contributed by atoms with Crippen LogP contribution in [0.15, 0.2) is 0 Å². The molecule has 0 fully saturated rings. The Balaban J connectivity index is 3.06. The molecule has 18 heavy (non-hydrogen) atoms. The molecule has 6 heteroatoms. The van der Waals surface area contributed by atoms with Crippen LogP contribution in [0.1, 0.15) is 64.2 Å². The van der Waals surface area contributed by atoms with Gasteiger partial charge in [-0.3, -0.25) is 4.57 Å². The summed E-state index contributed by atoms with van der Waals surface area (Å²) in [6.07, 6.45) is 10.6. The van der Waals surface area contributed by atoms with Gasteiger partial charge >= 0.3 is 7.60 Å². The van der Waals surface area contributed by atoms with Crippen molar-refractivity contribution >= 4 is 7.60 Å². The molecule has 0 saturated heterocycles.